The predicted octanol–water partition coefficient (Wildman–Crippen LogP) is 5.33. The van der Waals surface area contributed by atoms with Crippen molar-refractivity contribution in [3.63, 3.8) is 0 Å². The lowest BCUT2D eigenvalue weighted by Crippen LogP contribution is -2.60. The summed E-state index contributed by atoms with van der Waals surface area (Å²) >= 11 is 0. The minimum Gasteiger partial charge on any atom is -0.542 e. The number of carbonyl (C=O) groups excluding carboxylic acids is 3. The maximum atomic E-state index is 13.3. The van der Waals surface area contributed by atoms with Crippen LogP contribution in [0.3, 0.4) is 0 Å². The number of anilines is 2. The number of halogens is 3. The van der Waals surface area contributed by atoms with Crippen LogP contribution in [0.5, 0.6) is 5.75 Å². The van der Waals surface area contributed by atoms with E-state index in [0.29, 0.717) is 53.7 Å². The molecule has 5 aromatic rings. The number of aromatic hydroxyl groups is 1. The highest BCUT2D eigenvalue weighted by molar-refractivity contribution is 5.93. The van der Waals surface area contributed by atoms with Gasteiger partial charge in [-0.15, -0.1) is 0 Å². The van der Waals surface area contributed by atoms with Crippen molar-refractivity contribution < 1.29 is 56.8 Å². The number of pyridine rings is 1. The fourth-order valence-corrected chi connectivity index (χ4v) is 8.86. The number of phenolic OH excluding ortho intramolecular Hbond substituents is 1. The van der Waals surface area contributed by atoms with Gasteiger partial charge in [-0.1, -0.05) is 60.7 Å². The standard InChI is InChI=1S/C45H49N5O7.C2HF3O2/c1-50(2)36-24-31(25-37(50)44-43(36)57-44)56-45(55)48-35-23-28(12-16-32(35)29-8-4-3-5-9-29)13-20-40(53)47-30-14-10-27(11-15-30)7-6-22-46-26-39(52)33-17-19-38(51)42-34(33)18-21-41(54)49-42;3-2(4,5)1(6)7/h3-5,8-12,14-19,21,23,31,36-37,39,43-44,46,52H,6-7,13,20,22,24-26H2,1-2H3,(H3-,47,48,49,51,53,54,55);(H,6,7)/t31?,36-,37+,39-,43-,44+;/m0./s1. The van der Waals surface area contributed by atoms with Gasteiger partial charge in [0, 0.05) is 48.5 Å². The second kappa shape index (κ2) is 19.2. The van der Waals surface area contributed by atoms with E-state index in [-0.39, 0.29) is 41.9 Å². The number of quaternary nitrogens is 1. The van der Waals surface area contributed by atoms with Gasteiger partial charge in [0.2, 0.25) is 11.5 Å². The predicted molar refractivity (Wildman–Crippen MR) is 230 cm³/mol. The van der Waals surface area contributed by atoms with Crippen molar-refractivity contribution in [1.82, 2.24) is 10.3 Å². The number of epoxide rings is 1. The van der Waals surface area contributed by atoms with Crippen LogP contribution >= 0.6 is 0 Å². The molecule has 14 nitrogen and oxygen atoms in total. The quantitative estimate of drug-likeness (QED) is 0.0481. The number of hydrogen-bond acceptors (Lipinski definition) is 10. The van der Waals surface area contributed by atoms with Gasteiger partial charge in [-0.3, -0.25) is 14.9 Å². The van der Waals surface area contributed by atoms with E-state index in [1.165, 1.54) is 12.1 Å². The Morgan fingerprint density at radius 3 is 2.25 bits per heavy atom. The summed E-state index contributed by atoms with van der Waals surface area (Å²) < 4.78 is 44.4. The van der Waals surface area contributed by atoms with Crippen LogP contribution in [-0.2, 0) is 31.9 Å². The van der Waals surface area contributed by atoms with E-state index in [2.05, 4.69) is 35.0 Å². The first-order valence-electron chi connectivity index (χ1n) is 21.0. The zero-order chi connectivity index (χ0) is 45.8. The van der Waals surface area contributed by atoms with E-state index >= 15 is 0 Å². The number of likely N-dealkylation sites (N-methyl/N-ethyl adjacent to an activating group) is 1. The number of amides is 2. The summed E-state index contributed by atoms with van der Waals surface area (Å²) in [6.45, 7) is 1.00. The zero-order valence-corrected chi connectivity index (χ0v) is 35.2. The number of phenols is 1. The number of carboxylic acid groups (broad SMARTS) is 1. The largest absolute Gasteiger partial charge is 0.542 e. The van der Waals surface area contributed by atoms with E-state index < -0.39 is 24.3 Å². The lowest BCUT2D eigenvalue weighted by Gasteiger charge is -2.45. The molecular weight excluding hydrogens is 836 g/mol. The van der Waals surface area contributed by atoms with Crippen LogP contribution in [0.25, 0.3) is 22.0 Å². The molecule has 8 rings (SSSR count). The number of hydrogen-bond donors (Lipinski definition) is 6. The van der Waals surface area contributed by atoms with Crippen molar-refractivity contribution in [3.8, 4) is 16.9 Å². The van der Waals surface area contributed by atoms with Gasteiger partial charge in [0.25, 0.3) is 0 Å². The number of carboxylic acids is 1. The summed E-state index contributed by atoms with van der Waals surface area (Å²) in [4.78, 5) is 49.4. The fourth-order valence-electron chi connectivity index (χ4n) is 8.86. The molecule has 0 spiro atoms. The number of aromatic amines is 1. The second-order valence-electron chi connectivity index (χ2n) is 16.8. The van der Waals surface area contributed by atoms with Crippen LogP contribution < -0.4 is 26.6 Å². The number of benzene rings is 4. The van der Waals surface area contributed by atoms with Crippen LogP contribution in [0, 0.1) is 0 Å². The second-order valence-corrected chi connectivity index (χ2v) is 16.8. The average molecular weight is 886 g/mol. The van der Waals surface area contributed by atoms with Gasteiger partial charge in [0.1, 0.15) is 42.1 Å². The topological polar surface area (TPSA) is 205 Å². The van der Waals surface area contributed by atoms with Gasteiger partial charge < -0.3 is 49.7 Å². The fraction of sp³-hybridized carbons (Fsp3) is 0.362. The molecule has 338 valence electrons. The number of alkyl halides is 3. The first-order valence-corrected chi connectivity index (χ1v) is 21.0. The number of piperidine rings is 1. The van der Waals surface area contributed by atoms with Gasteiger partial charge >= 0.3 is 12.3 Å². The van der Waals surface area contributed by atoms with E-state index in [4.69, 9.17) is 19.4 Å². The lowest BCUT2D eigenvalue weighted by atomic mass is 9.96. The number of aliphatic hydroxyl groups is 1. The molecule has 6 N–H and O–H groups in total. The highest BCUT2D eigenvalue weighted by Crippen LogP contribution is 2.51. The molecule has 64 heavy (non-hydrogen) atoms. The molecule has 6 atom stereocenters. The van der Waals surface area contributed by atoms with Crippen molar-refractivity contribution in [2.24, 2.45) is 0 Å². The van der Waals surface area contributed by atoms with Gasteiger partial charge in [-0.25, -0.2) is 4.79 Å². The van der Waals surface area contributed by atoms with Crippen molar-refractivity contribution in [2.75, 3.05) is 37.8 Å². The number of aliphatic carboxylic acids is 1. The minimum absolute atomic E-state index is 0.0391. The molecule has 0 aliphatic carbocycles. The summed E-state index contributed by atoms with van der Waals surface area (Å²) in [5, 5.41) is 39.6. The van der Waals surface area contributed by atoms with Gasteiger partial charge in [-0.2, -0.15) is 13.2 Å². The van der Waals surface area contributed by atoms with Crippen molar-refractivity contribution in [2.45, 2.75) is 81.2 Å². The molecule has 2 bridgehead atoms. The molecule has 0 saturated carbocycles. The van der Waals surface area contributed by atoms with E-state index in [1.54, 1.807) is 12.1 Å². The Hall–Kier alpha value is -6.27. The maximum Gasteiger partial charge on any atom is 0.430 e. The maximum absolute atomic E-state index is 13.3. The number of nitrogens with zero attached hydrogens (tertiary/aromatic N) is 1. The van der Waals surface area contributed by atoms with Gasteiger partial charge in [-0.05, 0) is 78.4 Å². The average Bonchev–Trinajstić information content (AvgIpc) is 4.03. The Morgan fingerprint density at radius 1 is 0.906 bits per heavy atom. The first-order chi connectivity index (χ1) is 30.5. The number of ether oxygens (including phenoxy) is 2. The molecule has 3 saturated heterocycles. The van der Waals surface area contributed by atoms with E-state index in [1.807, 2.05) is 72.8 Å². The molecule has 3 fully saturated rings. The molecular formula is C47H50F3N5O9. The number of H-pyrrole nitrogens is 1. The van der Waals surface area contributed by atoms with Gasteiger partial charge in [0.05, 0.1) is 31.4 Å². The Balaban J connectivity index is 0.000000809. The Labute approximate surface area is 366 Å². The molecule has 3 aliphatic rings. The van der Waals surface area contributed by atoms with Crippen LogP contribution in [0.4, 0.5) is 29.3 Å². The molecule has 1 aromatic heterocycles. The number of fused-ring (bicyclic) bond motifs is 6. The molecule has 4 aromatic carbocycles. The monoisotopic (exact) mass is 885 g/mol. The zero-order valence-electron chi connectivity index (χ0n) is 35.2. The lowest BCUT2D eigenvalue weighted by molar-refractivity contribution is -0.938. The van der Waals surface area contributed by atoms with Gasteiger partial charge in [0.15, 0.2) is 0 Å². The Bertz CT molecular complexity index is 2510. The molecule has 0 radical (unpaired) electrons. The Kier molecular flexibility index (Phi) is 13.7. The molecule has 1 unspecified atom stereocenters. The number of carbonyl (C=O) groups is 3. The third-order valence-corrected chi connectivity index (χ3v) is 12.2. The van der Waals surface area contributed by atoms with E-state index in [0.717, 1.165) is 58.1 Å². The van der Waals surface area contributed by atoms with E-state index in [9.17, 15) is 37.8 Å². The minimum atomic E-state index is -5.19. The SMILES string of the molecule is C[N+]1(C)[C@@H]2CC(OC(=O)Nc3cc(CCC(=O)Nc4ccc(CCCNC[C@H](O)c5ccc(O)c6[nH]c(=O)ccc56)cc4)ccc3-c3ccccc3)C[C@H]1[C@@H]1O[C@@H]12.O=C([O-])C(F)(F)F. The number of aromatic nitrogens is 1. The van der Waals surface area contributed by atoms with Crippen molar-refractivity contribution in [1.29, 1.82) is 0 Å². The number of rotatable bonds is 14. The van der Waals surface area contributed by atoms with Crippen LogP contribution in [0.15, 0.2) is 102 Å². The van der Waals surface area contributed by atoms with Crippen molar-refractivity contribution in [3.05, 3.63) is 124 Å². The van der Waals surface area contributed by atoms with Crippen molar-refractivity contribution >= 4 is 40.2 Å². The molecule has 3 aliphatic heterocycles. The first kappa shape index (κ1) is 45.7. The number of nitrogens with one attached hydrogen (secondary N) is 4. The summed E-state index contributed by atoms with van der Waals surface area (Å²) in [6, 6.07) is 30.5. The Morgan fingerprint density at radius 2 is 1.58 bits per heavy atom. The van der Waals surface area contributed by atoms with Crippen LogP contribution in [0.2, 0.25) is 0 Å². The highest BCUT2D eigenvalue weighted by Gasteiger charge is 2.70. The number of aryl methyl sites for hydroxylation is 2. The summed E-state index contributed by atoms with van der Waals surface area (Å²) in [7, 11) is 4.51. The van der Waals surface area contributed by atoms with Crippen LogP contribution in [0.1, 0.15) is 48.5 Å². The normalized spacial score (nSPS) is 20.9. The smallest absolute Gasteiger partial charge is 0.430 e. The number of aliphatic hydroxyl groups excluding tert-OH is 1. The summed E-state index contributed by atoms with van der Waals surface area (Å²) in [6.07, 6.45) is -2.05. The summed E-state index contributed by atoms with van der Waals surface area (Å²) in [5.41, 5.74) is 5.90. The number of morpholine rings is 1. The molecule has 2 amide bonds. The van der Waals surface area contributed by atoms with Crippen LogP contribution in [-0.4, -0.2) is 101 Å². The highest BCUT2D eigenvalue weighted by atomic mass is 19.4. The molecule has 4 heterocycles. The third-order valence-electron chi connectivity index (χ3n) is 12.2. The summed E-state index contributed by atoms with van der Waals surface area (Å²) in [5.74, 6) is -3.15. The molecule has 17 heteroatoms. The third kappa shape index (κ3) is 10.9.